The third-order valence-corrected chi connectivity index (χ3v) is 7.69. The second-order valence-electron chi connectivity index (χ2n) is 9.43. The second-order valence-corrected chi connectivity index (χ2v) is 9.43. The molecule has 0 bridgehead atoms. The smallest absolute Gasteiger partial charge is 0.227 e. The Morgan fingerprint density at radius 2 is 1.84 bits per heavy atom. The van der Waals surface area contributed by atoms with Gasteiger partial charge < -0.3 is 14.5 Å². The molecular weight excluding hydrogens is 390 g/mol. The van der Waals surface area contributed by atoms with E-state index < -0.39 is 0 Å². The number of ether oxygens (including phenoxy) is 1. The predicted octanol–water partition coefficient (Wildman–Crippen LogP) is 2.14. The summed E-state index contributed by atoms with van der Waals surface area (Å²) in [6.07, 6.45) is 7.75. The average molecular weight is 424 g/mol. The fraction of sp³-hybridized carbons (Fsp3) is 0.600. The molecule has 0 saturated carbocycles. The van der Waals surface area contributed by atoms with E-state index in [1.807, 2.05) is 4.90 Å². The number of carbonyl (C=O) groups excluding carboxylic acids is 2. The van der Waals surface area contributed by atoms with Crippen molar-refractivity contribution in [3.63, 3.8) is 0 Å². The maximum Gasteiger partial charge on any atom is 0.227 e. The van der Waals surface area contributed by atoms with E-state index in [1.165, 1.54) is 11.1 Å². The first-order chi connectivity index (χ1) is 15.1. The molecule has 5 rings (SSSR count). The molecule has 1 atom stereocenters. The highest BCUT2D eigenvalue weighted by Crippen LogP contribution is 2.43. The Kier molecular flexibility index (Phi) is 5.85. The van der Waals surface area contributed by atoms with Crippen LogP contribution >= 0.6 is 0 Å². The molecule has 3 fully saturated rings. The maximum atomic E-state index is 13.3. The van der Waals surface area contributed by atoms with Crippen molar-refractivity contribution < 1.29 is 14.3 Å². The van der Waals surface area contributed by atoms with E-state index >= 15 is 0 Å². The van der Waals surface area contributed by atoms with Crippen molar-refractivity contribution in [3.05, 3.63) is 41.5 Å². The van der Waals surface area contributed by atoms with Crippen LogP contribution in [0.3, 0.4) is 0 Å². The lowest BCUT2D eigenvalue weighted by molar-refractivity contribution is -0.144. The summed E-state index contributed by atoms with van der Waals surface area (Å²) in [4.78, 5) is 32.1. The van der Waals surface area contributed by atoms with Gasteiger partial charge in [0.25, 0.3) is 0 Å². The second kappa shape index (κ2) is 8.75. The van der Waals surface area contributed by atoms with Crippen molar-refractivity contribution in [1.29, 1.82) is 0 Å². The van der Waals surface area contributed by atoms with Crippen LogP contribution < -0.4 is 0 Å². The largest absolute Gasteiger partial charge is 0.379 e. The summed E-state index contributed by atoms with van der Waals surface area (Å²) < 4.78 is 5.41. The molecule has 1 aliphatic carbocycles. The van der Waals surface area contributed by atoms with E-state index in [4.69, 9.17) is 4.74 Å². The van der Waals surface area contributed by atoms with Gasteiger partial charge >= 0.3 is 0 Å². The van der Waals surface area contributed by atoms with Crippen LogP contribution in [-0.2, 0) is 19.7 Å². The Balaban J connectivity index is 1.16. The molecule has 3 aliphatic heterocycles. The summed E-state index contributed by atoms with van der Waals surface area (Å²) in [6.45, 7) is 7.16. The Hall–Kier alpha value is -2.18. The van der Waals surface area contributed by atoms with Crippen molar-refractivity contribution in [2.45, 2.75) is 31.1 Å². The van der Waals surface area contributed by atoms with Crippen LogP contribution in [0, 0.1) is 5.92 Å². The van der Waals surface area contributed by atoms with E-state index in [1.54, 1.807) is 0 Å². The van der Waals surface area contributed by atoms with Gasteiger partial charge in [-0.05, 0) is 30.4 Å². The van der Waals surface area contributed by atoms with E-state index in [9.17, 15) is 9.59 Å². The number of likely N-dealkylation sites (tertiary alicyclic amines) is 2. The van der Waals surface area contributed by atoms with Crippen LogP contribution in [0.1, 0.15) is 36.8 Å². The molecule has 2 amide bonds. The van der Waals surface area contributed by atoms with E-state index in [2.05, 4.69) is 46.2 Å². The number of morpholine rings is 1. The highest BCUT2D eigenvalue weighted by molar-refractivity contribution is 5.84. The van der Waals surface area contributed by atoms with Gasteiger partial charge in [-0.1, -0.05) is 36.4 Å². The number of fused-ring (bicyclic) bond motifs is 2. The molecule has 166 valence electrons. The Morgan fingerprint density at radius 1 is 1.06 bits per heavy atom. The number of carbonyl (C=O) groups is 2. The monoisotopic (exact) mass is 423 g/mol. The van der Waals surface area contributed by atoms with E-state index in [-0.39, 0.29) is 23.1 Å². The Bertz CT molecular complexity index is 853. The fourth-order valence-corrected chi connectivity index (χ4v) is 5.67. The summed E-state index contributed by atoms with van der Waals surface area (Å²) in [6, 6.07) is 8.64. The van der Waals surface area contributed by atoms with Crippen molar-refractivity contribution in [2.24, 2.45) is 5.92 Å². The van der Waals surface area contributed by atoms with E-state index in [0.29, 0.717) is 25.9 Å². The van der Waals surface area contributed by atoms with Crippen LogP contribution in [0.2, 0.25) is 0 Å². The molecule has 0 aromatic heterocycles. The van der Waals surface area contributed by atoms with Gasteiger partial charge in [-0.3, -0.25) is 14.5 Å². The molecule has 31 heavy (non-hydrogen) atoms. The minimum atomic E-state index is -0.0529. The standard InChI is InChI=1S/C25H33N3O3/c29-23-6-5-21(19-28(23)14-13-26-15-17-31-18-16-26)24(30)27-11-9-25(10-12-27)8-7-20-3-1-2-4-22(20)25/h1-4,7-8,21H,5-6,9-19H2/t21-/m1/s1. The first kappa shape index (κ1) is 20.7. The molecule has 0 radical (unpaired) electrons. The molecule has 1 aromatic carbocycles. The lowest BCUT2D eigenvalue weighted by Gasteiger charge is -2.42. The number of rotatable bonds is 4. The van der Waals surface area contributed by atoms with E-state index in [0.717, 1.165) is 58.8 Å². The number of nitrogens with zero attached hydrogens (tertiary/aromatic N) is 3. The zero-order valence-electron chi connectivity index (χ0n) is 18.3. The summed E-state index contributed by atoms with van der Waals surface area (Å²) in [5.74, 6) is 0.388. The van der Waals surface area contributed by atoms with Gasteiger partial charge in [0.05, 0.1) is 19.1 Å². The quantitative estimate of drug-likeness (QED) is 0.745. The number of hydrogen-bond donors (Lipinski definition) is 0. The van der Waals surface area contributed by atoms with Crippen LogP contribution in [0.5, 0.6) is 0 Å². The normalized spacial score (nSPS) is 25.8. The molecule has 6 heteroatoms. The average Bonchev–Trinajstić information content (AvgIpc) is 3.17. The van der Waals surface area contributed by atoms with Crippen LogP contribution in [0.25, 0.3) is 6.08 Å². The molecule has 4 aliphatic rings. The number of hydrogen-bond acceptors (Lipinski definition) is 4. The third-order valence-electron chi connectivity index (χ3n) is 7.69. The zero-order valence-corrected chi connectivity index (χ0v) is 18.3. The van der Waals surface area contributed by atoms with Crippen molar-refractivity contribution in [2.75, 3.05) is 59.0 Å². The van der Waals surface area contributed by atoms with Gasteiger partial charge in [0.2, 0.25) is 11.8 Å². The van der Waals surface area contributed by atoms with Gasteiger partial charge in [-0.25, -0.2) is 0 Å². The molecule has 0 unspecified atom stereocenters. The Morgan fingerprint density at radius 3 is 2.65 bits per heavy atom. The number of allylic oxidation sites excluding steroid dienone is 1. The molecule has 6 nitrogen and oxygen atoms in total. The van der Waals surface area contributed by atoms with Crippen LogP contribution in [-0.4, -0.2) is 85.5 Å². The molecule has 3 heterocycles. The highest BCUT2D eigenvalue weighted by Gasteiger charge is 2.41. The van der Waals surface area contributed by atoms with Crippen LogP contribution in [0.4, 0.5) is 0 Å². The maximum absolute atomic E-state index is 13.3. The minimum Gasteiger partial charge on any atom is -0.379 e. The molecule has 3 saturated heterocycles. The van der Waals surface area contributed by atoms with Crippen LogP contribution in [0.15, 0.2) is 30.3 Å². The predicted molar refractivity (Wildman–Crippen MR) is 120 cm³/mol. The van der Waals surface area contributed by atoms with Gasteiger partial charge in [-0.2, -0.15) is 0 Å². The summed E-state index contributed by atoms with van der Waals surface area (Å²) in [5.41, 5.74) is 2.84. The molecule has 0 N–H and O–H groups in total. The lowest BCUT2D eigenvalue weighted by Crippen LogP contribution is -2.52. The zero-order chi connectivity index (χ0) is 21.3. The topological polar surface area (TPSA) is 53.1 Å². The number of benzene rings is 1. The van der Waals surface area contributed by atoms with Gasteiger partial charge in [0, 0.05) is 57.6 Å². The minimum absolute atomic E-state index is 0.0529. The van der Waals surface area contributed by atoms with Gasteiger partial charge in [-0.15, -0.1) is 0 Å². The first-order valence-corrected chi connectivity index (χ1v) is 11.8. The third kappa shape index (κ3) is 4.15. The fourth-order valence-electron chi connectivity index (χ4n) is 5.67. The number of piperidine rings is 2. The molecule has 1 spiro atoms. The van der Waals surface area contributed by atoms with Gasteiger partial charge in [0.15, 0.2) is 0 Å². The summed E-state index contributed by atoms with van der Waals surface area (Å²) >= 11 is 0. The summed E-state index contributed by atoms with van der Waals surface area (Å²) in [7, 11) is 0. The van der Waals surface area contributed by atoms with Crippen molar-refractivity contribution in [1.82, 2.24) is 14.7 Å². The number of amides is 2. The van der Waals surface area contributed by atoms with Crippen molar-refractivity contribution in [3.8, 4) is 0 Å². The molecule has 1 aromatic rings. The first-order valence-electron chi connectivity index (χ1n) is 11.8. The molecular formula is C25H33N3O3. The lowest BCUT2D eigenvalue weighted by atomic mass is 9.74. The summed E-state index contributed by atoms with van der Waals surface area (Å²) in [5, 5.41) is 0. The van der Waals surface area contributed by atoms with Gasteiger partial charge in [0.1, 0.15) is 0 Å². The Labute approximate surface area is 184 Å². The highest BCUT2D eigenvalue weighted by atomic mass is 16.5. The van der Waals surface area contributed by atoms with Crippen molar-refractivity contribution >= 4 is 17.9 Å². The SMILES string of the molecule is O=C1CC[C@@H](C(=O)N2CCC3(C=Cc4ccccc43)CC2)CN1CCN1CCOCC1.